The number of fused-ring (bicyclic) bond motifs is 1. The number of aryl methyl sites for hydroxylation is 1. The molecule has 0 N–H and O–H groups in total. The van der Waals surface area contributed by atoms with Gasteiger partial charge in [-0.2, -0.15) is 9.61 Å². The number of halogens is 4. The Bertz CT molecular complexity index is 1760. The maximum atomic E-state index is 15.1. The van der Waals surface area contributed by atoms with Gasteiger partial charge in [0.15, 0.2) is 5.65 Å². The first-order chi connectivity index (χ1) is 19.0. The molecule has 1 aliphatic heterocycles. The summed E-state index contributed by atoms with van der Waals surface area (Å²) in [4.78, 5) is 30.2. The second-order valence-corrected chi connectivity index (χ2v) is 11.1. The number of benzene rings is 1. The number of alkyl halides is 2. The molecule has 4 heterocycles. The molecule has 11 heteroatoms. The van der Waals surface area contributed by atoms with Gasteiger partial charge in [0.25, 0.3) is 17.0 Å². The summed E-state index contributed by atoms with van der Waals surface area (Å²) < 4.78 is 50.7. The second kappa shape index (κ2) is 9.85. The molecule has 2 atom stereocenters. The molecular formula is C29H26ClF3N4O3. The first-order valence-electron chi connectivity index (χ1n) is 13.1. The first kappa shape index (κ1) is 26.7. The zero-order valence-corrected chi connectivity index (χ0v) is 22.6. The molecule has 0 spiro atoms. The Morgan fingerprint density at radius 1 is 1.07 bits per heavy atom. The molecule has 1 aliphatic carbocycles. The van der Waals surface area contributed by atoms with Crippen molar-refractivity contribution < 1.29 is 17.9 Å². The molecule has 2 fully saturated rings. The van der Waals surface area contributed by atoms with Gasteiger partial charge in [-0.3, -0.25) is 9.59 Å². The first-order valence-corrected chi connectivity index (χ1v) is 13.5. The summed E-state index contributed by atoms with van der Waals surface area (Å²) in [6.07, 6.45) is 1.52. The highest BCUT2D eigenvalue weighted by Crippen LogP contribution is 2.45. The molecule has 0 unspecified atom stereocenters. The van der Waals surface area contributed by atoms with Crippen LogP contribution in [0.15, 0.2) is 52.2 Å². The summed E-state index contributed by atoms with van der Waals surface area (Å²) in [5.41, 5.74) is 2.48. The summed E-state index contributed by atoms with van der Waals surface area (Å²) in [6.45, 7) is 3.77. The van der Waals surface area contributed by atoms with Gasteiger partial charge in [-0.25, -0.2) is 18.2 Å². The number of pyridine rings is 1. The van der Waals surface area contributed by atoms with Crippen molar-refractivity contribution in [1.82, 2.24) is 19.2 Å². The number of nitrogens with zero attached hydrogens (tertiary/aromatic N) is 4. The fourth-order valence-electron chi connectivity index (χ4n) is 5.55. The lowest BCUT2D eigenvalue weighted by atomic mass is 9.87. The summed E-state index contributed by atoms with van der Waals surface area (Å²) >= 11 is 5.99. The molecule has 0 amide bonds. The monoisotopic (exact) mass is 570 g/mol. The minimum absolute atomic E-state index is 0.167. The van der Waals surface area contributed by atoms with E-state index in [1.54, 1.807) is 44.3 Å². The Hall–Kier alpha value is -3.50. The molecular weight excluding hydrogens is 545 g/mol. The van der Waals surface area contributed by atoms with Crippen LogP contribution in [0.3, 0.4) is 0 Å². The predicted molar refractivity (Wildman–Crippen MR) is 144 cm³/mol. The maximum Gasteiger partial charge on any atom is 0.277 e. The van der Waals surface area contributed by atoms with E-state index in [1.165, 1.54) is 21.2 Å². The molecule has 0 bridgehead atoms. The third-order valence-corrected chi connectivity index (χ3v) is 8.23. The fraction of sp³-hybridized carbons (Fsp3) is 0.379. The maximum absolute atomic E-state index is 15.1. The Balaban J connectivity index is 1.40. The molecule has 2 aliphatic rings. The van der Waals surface area contributed by atoms with Gasteiger partial charge in [-0.05, 0) is 62.6 Å². The number of rotatable bonds is 4. The van der Waals surface area contributed by atoms with Crippen LogP contribution >= 0.6 is 11.6 Å². The lowest BCUT2D eigenvalue weighted by Crippen LogP contribution is -2.41. The molecule has 3 aromatic heterocycles. The van der Waals surface area contributed by atoms with Gasteiger partial charge in [0.05, 0.1) is 11.8 Å². The Labute approximate surface area is 232 Å². The van der Waals surface area contributed by atoms with Crippen LogP contribution < -0.4 is 11.1 Å². The lowest BCUT2D eigenvalue weighted by Gasteiger charge is -2.36. The normalized spacial score (nSPS) is 20.9. The van der Waals surface area contributed by atoms with Crippen LogP contribution in [0.25, 0.3) is 16.8 Å². The Morgan fingerprint density at radius 3 is 2.58 bits per heavy atom. The molecule has 6 rings (SSSR count). The minimum atomic E-state index is -2.75. The zero-order chi connectivity index (χ0) is 28.3. The summed E-state index contributed by atoms with van der Waals surface area (Å²) in [6, 6.07) is 8.59. The van der Waals surface area contributed by atoms with Gasteiger partial charge in [-0.1, -0.05) is 11.6 Å². The topological polar surface area (TPSA) is 78.5 Å². The molecule has 4 aromatic rings. The van der Waals surface area contributed by atoms with Crippen molar-refractivity contribution >= 4 is 17.2 Å². The van der Waals surface area contributed by atoms with Crippen molar-refractivity contribution in [2.45, 2.75) is 63.5 Å². The van der Waals surface area contributed by atoms with Gasteiger partial charge in [0, 0.05) is 71.1 Å². The van der Waals surface area contributed by atoms with Gasteiger partial charge in [-0.15, -0.1) is 0 Å². The highest BCUT2D eigenvalue weighted by molar-refractivity contribution is 6.30. The van der Waals surface area contributed by atoms with E-state index in [4.69, 9.17) is 16.3 Å². The quantitative estimate of drug-likeness (QED) is 0.304. The third kappa shape index (κ3) is 4.73. The number of hydrogen-bond donors (Lipinski definition) is 0. The average molecular weight is 571 g/mol. The largest absolute Gasteiger partial charge is 0.373 e. The van der Waals surface area contributed by atoms with E-state index < -0.39 is 23.9 Å². The van der Waals surface area contributed by atoms with Crippen molar-refractivity contribution in [3.05, 3.63) is 96.7 Å². The number of hydrogen-bond acceptors (Lipinski definition) is 5. The van der Waals surface area contributed by atoms with Gasteiger partial charge >= 0.3 is 0 Å². The van der Waals surface area contributed by atoms with Crippen molar-refractivity contribution in [2.75, 3.05) is 6.61 Å². The van der Waals surface area contributed by atoms with Crippen LogP contribution in [0, 0.1) is 19.7 Å². The average Bonchev–Trinajstić information content (AvgIpc) is 2.91. The standard InChI is InChI=1S/C29H26ClF3N4O3/c1-15-16(2)34-27-22(21-5-4-19(30)10-23(21)31)11-24(35-37(27)28(15)39)17-7-8-40-25(9-17)18-3-6-26(38)36(14-18)20-12-29(32,33)13-20/h3-6,10-11,14,17,20,25H,7-9,12-13H2,1-2H3/t17-,25+/m1/s1. The van der Waals surface area contributed by atoms with Gasteiger partial charge < -0.3 is 9.30 Å². The molecule has 0 radical (unpaired) electrons. The highest BCUT2D eigenvalue weighted by atomic mass is 35.5. The van der Waals surface area contributed by atoms with Crippen molar-refractivity contribution in [1.29, 1.82) is 0 Å². The van der Waals surface area contributed by atoms with Crippen LogP contribution in [0.4, 0.5) is 13.2 Å². The Kier molecular flexibility index (Phi) is 6.58. The van der Waals surface area contributed by atoms with E-state index in [2.05, 4.69) is 10.1 Å². The van der Waals surface area contributed by atoms with E-state index in [9.17, 15) is 18.4 Å². The minimum Gasteiger partial charge on any atom is -0.373 e. The molecule has 208 valence electrons. The van der Waals surface area contributed by atoms with E-state index in [1.807, 2.05) is 0 Å². The third-order valence-electron chi connectivity index (χ3n) is 8.00. The molecule has 7 nitrogen and oxygen atoms in total. The van der Waals surface area contributed by atoms with Gasteiger partial charge in [0.1, 0.15) is 5.82 Å². The summed E-state index contributed by atoms with van der Waals surface area (Å²) in [5, 5.41) is 4.91. The molecule has 1 saturated heterocycles. The highest BCUT2D eigenvalue weighted by Gasteiger charge is 2.46. The predicted octanol–water partition coefficient (Wildman–Crippen LogP) is 5.93. The number of aromatic nitrogens is 4. The van der Waals surface area contributed by atoms with E-state index >= 15 is 4.39 Å². The van der Waals surface area contributed by atoms with Crippen molar-refractivity contribution in [3.8, 4) is 11.1 Å². The SMILES string of the molecule is Cc1nc2c(-c3ccc(Cl)cc3F)cc([C@@H]3CCO[C@H](c4ccc(=O)n(C5CC(F)(F)C5)c4)C3)nn2c(=O)c1C. The van der Waals surface area contributed by atoms with Crippen LogP contribution in [0.5, 0.6) is 0 Å². The second-order valence-electron chi connectivity index (χ2n) is 10.7. The molecule has 1 saturated carbocycles. The van der Waals surface area contributed by atoms with Crippen LogP contribution in [0.1, 0.15) is 66.3 Å². The van der Waals surface area contributed by atoms with Crippen molar-refractivity contribution in [2.24, 2.45) is 0 Å². The van der Waals surface area contributed by atoms with E-state index in [0.29, 0.717) is 47.5 Å². The molecule has 40 heavy (non-hydrogen) atoms. The Morgan fingerprint density at radius 2 is 1.85 bits per heavy atom. The van der Waals surface area contributed by atoms with E-state index in [-0.39, 0.29) is 46.1 Å². The van der Waals surface area contributed by atoms with Gasteiger partial charge in [0.2, 0.25) is 0 Å². The van der Waals surface area contributed by atoms with Crippen LogP contribution in [-0.2, 0) is 4.74 Å². The molecule has 1 aromatic carbocycles. The smallest absolute Gasteiger partial charge is 0.277 e. The zero-order valence-electron chi connectivity index (χ0n) is 21.8. The van der Waals surface area contributed by atoms with Crippen molar-refractivity contribution in [3.63, 3.8) is 0 Å². The summed E-state index contributed by atoms with van der Waals surface area (Å²) in [7, 11) is 0. The van der Waals surface area contributed by atoms with Crippen LogP contribution in [-0.4, -0.2) is 31.7 Å². The van der Waals surface area contributed by atoms with Crippen LogP contribution in [0.2, 0.25) is 5.02 Å². The van der Waals surface area contributed by atoms with E-state index in [0.717, 1.165) is 0 Å². The summed E-state index contributed by atoms with van der Waals surface area (Å²) in [5.74, 6) is -3.47. The number of ether oxygens (including phenoxy) is 1. The lowest BCUT2D eigenvalue weighted by molar-refractivity contribution is -0.105. The fourth-order valence-corrected chi connectivity index (χ4v) is 5.71.